The third-order valence-corrected chi connectivity index (χ3v) is 8.93. The Morgan fingerprint density at radius 1 is 1.05 bits per heavy atom. The van der Waals surface area contributed by atoms with E-state index in [1.807, 2.05) is 6.07 Å². The Bertz CT molecular complexity index is 1220. The number of nitrogens with one attached hydrogen (secondary N) is 2. The second-order valence-electron chi connectivity index (χ2n) is 10.5. The molecule has 202 valence electrons. The van der Waals surface area contributed by atoms with E-state index in [-0.39, 0.29) is 11.9 Å². The Morgan fingerprint density at radius 3 is 2.53 bits per heavy atom. The van der Waals surface area contributed by atoms with Crippen molar-refractivity contribution < 1.29 is 14.7 Å². The minimum Gasteiger partial charge on any atom is -0.480 e. The average Bonchev–Trinajstić information content (AvgIpc) is 3.17. The van der Waals surface area contributed by atoms with Crippen LogP contribution < -0.4 is 5.32 Å². The molecule has 2 amide bonds. The minimum atomic E-state index is -0.754. The lowest BCUT2D eigenvalue weighted by Crippen LogP contribution is -2.53. The number of hydrogen-bond donors (Lipinski definition) is 3. The van der Waals surface area contributed by atoms with Gasteiger partial charge in [-0.3, -0.25) is 9.69 Å². The zero-order valence-corrected chi connectivity index (χ0v) is 22.8. The number of carboxylic acids is 1. The average molecular weight is 558 g/mol. The lowest BCUT2D eigenvalue weighted by atomic mass is 9.84. The van der Waals surface area contributed by atoms with Gasteiger partial charge in [-0.05, 0) is 79.4 Å². The summed E-state index contributed by atoms with van der Waals surface area (Å²) in [6.45, 7) is 3.00. The summed E-state index contributed by atoms with van der Waals surface area (Å²) < 4.78 is 0. The number of carbonyl (C=O) groups is 2. The Labute approximate surface area is 233 Å². The van der Waals surface area contributed by atoms with Gasteiger partial charge in [-0.2, -0.15) is 0 Å². The number of likely N-dealkylation sites (tertiary alicyclic amines) is 2. The van der Waals surface area contributed by atoms with Crippen LogP contribution in [0.25, 0.3) is 6.08 Å². The van der Waals surface area contributed by atoms with Crippen LogP contribution in [0, 0.1) is 5.92 Å². The van der Waals surface area contributed by atoms with E-state index in [4.69, 9.17) is 23.2 Å². The number of allylic oxidation sites excluding steroid dienone is 3. The van der Waals surface area contributed by atoms with Crippen LogP contribution in [0.2, 0.25) is 10.0 Å². The van der Waals surface area contributed by atoms with Gasteiger partial charge in [0.15, 0.2) is 0 Å². The highest BCUT2D eigenvalue weighted by atomic mass is 35.5. The fourth-order valence-corrected chi connectivity index (χ4v) is 6.44. The molecule has 0 bridgehead atoms. The number of hydrogen-bond acceptors (Lipinski definition) is 3. The van der Waals surface area contributed by atoms with Crippen LogP contribution >= 0.6 is 23.2 Å². The lowest BCUT2D eigenvalue weighted by Gasteiger charge is -2.42. The number of halogens is 2. The first-order chi connectivity index (χ1) is 18.4. The molecule has 2 saturated heterocycles. The molecular formula is C29H34Cl2N4O3. The van der Waals surface area contributed by atoms with E-state index in [1.165, 1.54) is 16.8 Å². The van der Waals surface area contributed by atoms with Crippen molar-refractivity contribution in [3.05, 3.63) is 75.1 Å². The minimum absolute atomic E-state index is 0.0284. The van der Waals surface area contributed by atoms with Crippen LogP contribution in [0.15, 0.2) is 42.6 Å². The Balaban J connectivity index is 1.13. The van der Waals surface area contributed by atoms with Crippen molar-refractivity contribution >= 4 is 41.3 Å². The molecule has 1 unspecified atom stereocenters. The van der Waals surface area contributed by atoms with Crippen LogP contribution in [-0.4, -0.2) is 64.1 Å². The van der Waals surface area contributed by atoms with E-state index < -0.39 is 12.0 Å². The van der Waals surface area contributed by atoms with Gasteiger partial charge in [0, 0.05) is 37.9 Å². The van der Waals surface area contributed by atoms with Crippen molar-refractivity contribution in [1.82, 2.24) is 20.1 Å². The van der Waals surface area contributed by atoms with Crippen LogP contribution in [0.1, 0.15) is 54.0 Å². The molecule has 3 heterocycles. The summed E-state index contributed by atoms with van der Waals surface area (Å²) in [6.07, 6.45) is 14.8. The van der Waals surface area contributed by atoms with Gasteiger partial charge < -0.3 is 20.3 Å². The van der Waals surface area contributed by atoms with Gasteiger partial charge in [-0.1, -0.05) is 53.6 Å². The molecule has 0 saturated carbocycles. The highest BCUT2D eigenvalue weighted by Gasteiger charge is 2.38. The molecule has 38 heavy (non-hydrogen) atoms. The summed E-state index contributed by atoms with van der Waals surface area (Å²) in [4.78, 5) is 32.5. The number of aliphatic carboxylic acids is 1. The lowest BCUT2D eigenvalue weighted by molar-refractivity contribution is -0.147. The molecule has 2 aromatic rings. The van der Waals surface area contributed by atoms with E-state index in [0.29, 0.717) is 48.4 Å². The first-order valence-corrected chi connectivity index (χ1v) is 14.1. The first kappa shape index (κ1) is 26.9. The van der Waals surface area contributed by atoms with E-state index >= 15 is 0 Å². The van der Waals surface area contributed by atoms with Crippen molar-refractivity contribution in [2.45, 2.75) is 50.6 Å². The molecule has 3 N–H and O–H groups in total. The smallest absolute Gasteiger partial charge is 0.321 e. The number of carbonyl (C=O) groups excluding carboxylic acids is 1. The fraction of sp³-hybridized carbons (Fsp3) is 0.448. The Morgan fingerprint density at radius 2 is 1.82 bits per heavy atom. The quantitative estimate of drug-likeness (QED) is 0.425. The molecule has 2 aliphatic heterocycles. The normalized spacial score (nSPS) is 19.7. The summed E-state index contributed by atoms with van der Waals surface area (Å²) in [7, 11) is 0. The number of aromatic nitrogens is 1. The number of benzene rings is 1. The fourth-order valence-electron chi connectivity index (χ4n) is 6.12. The van der Waals surface area contributed by atoms with E-state index in [9.17, 15) is 14.7 Å². The zero-order chi connectivity index (χ0) is 26.6. The molecule has 7 nitrogen and oxygen atoms in total. The molecule has 3 aliphatic rings. The Hall–Kier alpha value is -2.74. The van der Waals surface area contributed by atoms with Crippen LogP contribution in [-0.2, 0) is 17.8 Å². The highest BCUT2D eigenvalue weighted by Crippen LogP contribution is 2.36. The number of fused-ring (bicyclic) bond motifs is 1. The SMILES string of the molecule is O=C(O)C(C1CCN(C(=O)NCc2ccc(Cl)c(Cl)c2)CC1)N1CCC(c2c[nH]c3c2C=CC=CC3)CC1. The van der Waals surface area contributed by atoms with Crippen molar-refractivity contribution in [2.24, 2.45) is 5.92 Å². The van der Waals surface area contributed by atoms with Crippen molar-refractivity contribution in [1.29, 1.82) is 0 Å². The summed E-state index contributed by atoms with van der Waals surface area (Å²) in [5.41, 5.74) is 4.78. The number of aromatic amines is 1. The summed E-state index contributed by atoms with van der Waals surface area (Å²) in [6, 6.07) is 4.65. The van der Waals surface area contributed by atoms with Gasteiger partial charge in [0.2, 0.25) is 0 Å². The number of urea groups is 1. The van der Waals surface area contributed by atoms with Gasteiger partial charge >= 0.3 is 12.0 Å². The zero-order valence-electron chi connectivity index (χ0n) is 21.3. The second kappa shape index (κ2) is 12.0. The number of H-pyrrole nitrogens is 1. The van der Waals surface area contributed by atoms with Crippen molar-refractivity contribution in [3.63, 3.8) is 0 Å². The van der Waals surface area contributed by atoms with Crippen LogP contribution in [0.5, 0.6) is 0 Å². The maximum absolute atomic E-state index is 12.7. The van der Waals surface area contributed by atoms with E-state index in [0.717, 1.165) is 37.9 Å². The van der Waals surface area contributed by atoms with Crippen LogP contribution in [0.3, 0.4) is 0 Å². The first-order valence-electron chi connectivity index (χ1n) is 13.4. The molecule has 9 heteroatoms. The molecule has 1 atom stereocenters. The third kappa shape index (κ3) is 5.95. The summed E-state index contributed by atoms with van der Waals surface area (Å²) in [5, 5.41) is 14.0. The van der Waals surface area contributed by atoms with Crippen LogP contribution in [0.4, 0.5) is 4.79 Å². The van der Waals surface area contributed by atoms with Gasteiger partial charge in [0.25, 0.3) is 0 Å². The molecule has 2 fully saturated rings. The van der Waals surface area contributed by atoms with Gasteiger partial charge in [0.05, 0.1) is 10.0 Å². The second-order valence-corrected chi connectivity index (χ2v) is 11.3. The number of piperidine rings is 2. The predicted molar refractivity (Wildman–Crippen MR) is 151 cm³/mol. The molecule has 0 spiro atoms. The van der Waals surface area contributed by atoms with Crippen molar-refractivity contribution in [3.8, 4) is 0 Å². The molecule has 1 aromatic carbocycles. The van der Waals surface area contributed by atoms with Crippen molar-refractivity contribution in [2.75, 3.05) is 26.2 Å². The predicted octanol–water partition coefficient (Wildman–Crippen LogP) is 5.70. The molecular weight excluding hydrogens is 523 g/mol. The molecule has 0 radical (unpaired) electrons. The monoisotopic (exact) mass is 556 g/mol. The van der Waals surface area contributed by atoms with E-state index in [1.54, 1.807) is 17.0 Å². The van der Waals surface area contributed by atoms with E-state index in [2.05, 4.69) is 45.7 Å². The van der Waals surface area contributed by atoms with Gasteiger partial charge in [0.1, 0.15) is 6.04 Å². The number of nitrogens with zero attached hydrogens (tertiary/aromatic N) is 2. The number of rotatable bonds is 6. The van der Waals surface area contributed by atoms with Gasteiger partial charge in [-0.15, -0.1) is 0 Å². The topological polar surface area (TPSA) is 88.7 Å². The number of carboxylic acid groups (broad SMARTS) is 1. The Kier molecular flexibility index (Phi) is 8.46. The summed E-state index contributed by atoms with van der Waals surface area (Å²) >= 11 is 12.0. The third-order valence-electron chi connectivity index (χ3n) is 8.19. The number of amides is 2. The van der Waals surface area contributed by atoms with Gasteiger partial charge in [-0.25, -0.2) is 4.79 Å². The molecule has 5 rings (SSSR count). The summed E-state index contributed by atoms with van der Waals surface area (Å²) in [5.74, 6) is -0.291. The molecule has 1 aromatic heterocycles. The maximum Gasteiger partial charge on any atom is 0.321 e. The molecule has 1 aliphatic carbocycles. The largest absolute Gasteiger partial charge is 0.480 e. The maximum atomic E-state index is 12.7. The highest BCUT2D eigenvalue weighted by molar-refractivity contribution is 6.42. The standard InChI is InChI=1S/C29H34Cl2N4O3/c30-24-7-6-19(16-25(24)31)17-33-29(38)35-14-10-21(11-15-35)27(28(36)37)34-12-8-20(9-13-34)23-18-32-26-5-3-1-2-4-22(23)26/h1-4,6-7,16,18,20-21,27,32H,5,8-15,17H2,(H,33,38)(H,36,37).